The van der Waals surface area contributed by atoms with E-state index in [1.54, 1.807) is 12.1 Å². The van der Waals surface area contributed by atoms with Crippen molar-refractivity contribution in [2.45, 2.75) is 38.3 Å². The summed E-state index contributed by atoms with van der Waals surface area (Å²) in [6.07, 6.45) is 4.01. The fraction of sp³-hybridized carbons (Fsp3) is 0.258. The van der Waals surface area contributed by atoms with Crippen LogP contribution in [0.3, 0.4) is 0 Å². The van der Waals surface area contributed by atoms with Crippen molar-refractivity contribution in [3.8, 4) is 0 Å². The van der Waals surface area contributed by atoms with E-state index in [4.69, 9.17) is 0 Å². The van der Waals surface area contributed by atoms with Crippen LogP contribution in [0.2, 0.25) is 0 Å². The Balaban J connectivity index is 1.68. The van der Waals surface area contributed by atoms with Gasteiger partial charge in [0.25, 0.3) is 0 Å². The normalized spacial score (nSPS) is 25.5. The highest BCUT2D eigenvalue weighted by Crippen LogP contribution is 2.58. The van der Waals surface area contributed by atoms with Crippen LogP contribution in [0.5, 0.6) is 0 Å². The largest absolute Gasteiger partial charge is 0.352 e. The van der Waals surface area contributed by atoms with Gasteiger partial charge in [0.2, 0.25) is 5.91 Å². The molecule has 0 bridgehead atoms. The van der Waals surface area contributed by atoms with E-state index in [0.29, 0.717) is 11.3 Å². The van der Waals surface area contributed by atoms with Crippen molar-refractivity contribution in [2.24, 2.45) is 11.3 Å². The minimum atomic E-state index is -1.27. The summed E-state index contributed by atoms with van der Waals surface area (Å²) in [7, 11) is 0. The molecule has 1 saturated heterocycles. The molecule has 4 atom stereocenters. The number of halogens is 1. The van der Waals surface area contributed by atoms with E-state index in [1.165, 1.54) is 0 Å². The number of rotatable bonds is 3. The average Bonchev–Trinajstić information content (AvgIpc) is 3.36. The van der Waals surface area contributed by atoms with E-state index < -0.39 is 28.8 Å². The van der Waals surface area contributed by atoms with Crippen LogP contribution in [0.1, 0.15) is 42.3 Å². The molecule has 37 heavy (non-hydrogen) atoms. The Labute approximate surface area is 224 Å². The number of ketones is 2. The quantitative estimate of drug-likeness (QED) is 0.401. The van der Waals surface area contributed by atoms with Gasteiger partial charge in [0, 0.05) is 26.8 Å². The highest BCUT2D eigenvalue weighted by Gasteiger charge is 2.70. The first-order valence-electron chi connectivity index (χ1n) is 12.5. The number of para-hydroxylation sites is 2. The van der Waals surface area contributed by atoms with Gasteiger partial charge in [-0.2, -0.15) is 0 Å². The molecule has 3 aliphatic heterocycles. The molecule has 0 aromatic heterocycles. The van der Waals surface area contributed by atoms with Crippen molar-refractivity contribution in [3.05, 3.63) is 100 Å². The molecular formula is C31H27BrN2O3. The molecule has 5 nitrogen and oxygen atoms in total. The van der Waals surface area contributed by atoms with Gasteiger partial charge in [0.15, 0.2) is 11.6 Å². The highest BCUT2D eigenvalue weighted by atomic mass is 79.9. The van der Waals surface area contributed by atoms with Crippen LogP contribution in [-0.2, 0) is 15.0 Å². The van der Waals surface area contributed by atoms with Crippen molar-refractivity contribution in [1.29, 1.82) is 0 Å². The Morgan fingerprint density at radius 1 is 0.946 bits per heavy atom. The molecule has 3 aromatic rings. The second-order valence-corrected chi connectivity index (χ2v) is 12.0. The number of amides is 1. The van der Waals surface area contributed by atoms with Gasteiger partial charge in [-0.1, -0.05) is 97.4 Å². The van der Waals surface area contributed by atoms with Gasteiger partial charge in [-0.25, -0.2) is 0 Å². The maximum atomic E-state index is 14.6. The summed E-state index contributed by atoms with van der Waals surface area (Å²) >= 11 is 3.45. The Bertz CT molecular complexity index is 1490. The van der Waals surface area contributed by atoms with E-state index in [9.17, 15) is 14.4 Å². The molecule has 6 rings (SSSR count). The third-order valence-electron chi connectivity index (χ3n) is 7.96. The zero-order chi connectivity index (χ0) is 26.1. The number of benzene rings is 3. The maximum absolute atomic E-state index is 14.6. The van der Waals surface area contributed by atoms with Gasteiger partial charge in [-0.05, 0) is 35.4 Å². The predicted octanol–water partition coefficient (Wildman–Crippen LogP) is 6.04. The Hall–Kier alpha value is -3.51. The molecule has 0 radical (unpaired) electrons. The number of hydrogen-bond acceptors (Lipinski definition) is 4. The number of Topliss-reactive ketones (excluding diaryl/α,β-unsaturated/α-hetero) is 2. The summed E-state index contributed by atoms with van der Waals surface area (Å²) < 4.78 is 0.853. The Morgan fingerprint density at radius 2 is 1.62 bits per heavy atom. The van der Waals surface area contributed by atoms with Crippen molar-refractivity contribution in [2.75, 3.05) is 10.2 Å². The van der Waals surface area contributed by atoms with E-state index >= 15 is 0 Å². The molecule has 3 aliphatic rings. The van der Waals surface area contributed by atoms with Gasteiger partial charge in [-0.15, -0.1) is 0 Å². The second-order valence-electron chi connectivity index (χ2n) is 11.0. The molecule has 1 N–H and O–H groups in total. The molecule has 6 heteroatoms. The monoisotopic (exact) mass is 554 g/mol. The van der Waals surface area contributed by atoms with Crippen molar-refractivity contribution in [1.82, 2.24) is 0 Å². The number of nitrogens with zero attached hydrogens (tertiary/aromatic N) is 1. The molecule has 3 aromatic carbocycles. The van der Waals surface area contributed by atoms with Crippen LogP contribution < -0.4 is 10.2 Å². The van der Waals surface area contributed by atoms with E-state index in [2.05, 4.69) is 21.2 Å². The van der Waals surface area contributed by atoms with Crippen LogP contribution in [0.4, 0.5) is 11.4 Å². The van der Waals surface area contributed by atoms with Crippen LogP contribution in [0.25, 0.3) is 6.08 Å². The second kappa shape index (κ2) is 8.25. The van der Waals surface area contributed by atoms with Gasteiger partial charge in [0.1, 0.15) is 11.5 Å². The SMILES string of the molecule is CC(C)(C)C(=O)[C@@H]1[C@H](C(=O)c2ccc(Br)cc2)[C@]2(C(=O)Nc3ccccc32)[C@H]2C=Cc3ccccc3N12. The van der Waals surface area contributed by atoms with E-state index in [1.807, 2.05) is 98.5 Å². The summed E-state index contributed by atoms with van der Waals surface area (Å²) in [6.45, 7) is 5.64. The number of anilines is 2. The lowest BCUT2D eigenvalue weighted by Gasteiger charge is -2.38. The lowest BCUT2D eigenvalue weighted by molar-refractivity contribution is -0.128. The molecule has 1 spiro atoms. The van der Waals surface area contributed by atoms with Crippen molar-refractivity contribution < 1.29 is 14.4 Å². The number of carbonyl (C=O) groups is 3. The topological polar surface area (TPSA) is 66.5 Å². The highest BCUT2D eigenvalue weighted by molar-refractivity contribution is 9.10. The van der Waals surface area contributed by atoms with Crippen LogP contribution in [-0.4, -0.2) is 29.6 Å². The first-order chi connectivity index (χ1) is 17.7. The third-order valence-corrected chi connectivity index (χ3v) is 8.49. The predicted molar refractivity (Wildman–Crippen MR) is 149 cm³/mol. The molecule has 0 aliphatic carbocycles. The Kier molecular flexibility index (Phi) is 5.32. The molecule has 1 amide bonds. The Morgan fingerprint density at radius 3 is 2.35 bits per heavy atom. The zero-order valence-corrected chi connectivity index (χ0v) is 22.5. The zero-order valence-electron chi connectivity index (χ0n) is 20.9. The maximum Gasteiger partial charge on any atom is 0.238 e. The number of carbonyl (C=O) groups excluding carboxylic acids is 3. The fourth-order valence-corrected chi connectivity index (χ4v) is 6.62. The first-order valence-corrected chi connectivity index (χ1v) is 13.3. The summed E-state index contributed by atoms with van der Waals surface area (Å²) in [4.78, 5) is 45.2. The lowest BCUT2D eigenvalue weighted by Crippen LogP contribution is -2.51. The first kappa shape index (κ1) is 23.9. The summed E-state index contributed by atoms with van der Waals surface area (Å²) in [5.74, 6) is -1.44. The van der Waals surface area contributed by atoms with Crippen LogP contribution in [0, 0.1) is 11.3 Å². The third kappa shape index (κ3) is 3.31. The molecular weight excluding hydrogens is 528 g/mol. The minimum Gasteiger partial charge on any atom is -0.352 e. The van der Waals surface area contributed by atoms with Crippen molar-refractivity contribution >= 4 is 50.9 Å². The summed E-state index contributed by atoms with van der Waals surface area (Å²) in [6, 6.07) is 21.3. The standard InChI is InChI=1S/C31H27BrN2O3/c1-30(2,3)28(36)26-25(27(35)19-12-15-20(32)16-13-19)31(21-9-5-6-10-22(21)33-29(31)37)24-17-14-18-8-4-7-11-23(18)34(24)26/h4-17,24-26H,1-3H3,(H,33,37)/t24-,25-,26+,31-/m1/s1. The fourth-order valence-electron chi connectivity index (χ4n) is 6.36. The van der Waals surface area contributed by atoms with Crippen LogP contribution in [0.15, 0.2) is 83.3 Å². The van der Waals surface area contributed by atoms with Gasteiger partial charge in [-0.3, -0.25) is 14.4 Å². The molecule has 3 heterocycles. The number of fused-ring (bicyclic) bond motifs is 6. The van der Waals surface area contributed by atoms with Gasteiger partial charge < -0.3 is 10.2 Å². The average molecular weight is 555 g/mol. The molecule has 1 fully saturated rings. The number of nitrogens with one attached hydrogen (secondary N) is 1. The van der Waals surface area contributed by atoms with E-state index in [0.717, 1.165) is 21.3 Å². The van der Waals surface area contributed by atoms with Gasteiger partial charge in [0.05, 0.1) is 12.0 Å². The van der Waals surface area contributed by atoms with E-state index in [-0.39, 0.29) is 17.5 Å². The smallest absolute Gasteiger partial charge is 0.238 e. The lowest BCUT2D eigenvalue weighted by atomic mass is 9.63. The molecule has 0 unspecified atom stereocenters. The molecule has 186 valence electrons. The van der Waals surface area contributed by atoms with Crippen molar-refractivity contribution in [3.63, 3.8) is 0 Å². The number of hydrogen-bond donors (Lipinski definition) is 1. The summed E-state index contributed by atoms with van der Waals surface area (Å²) in [5.41, 5.74) is 1.76. The summed E-state index contributed by atoms with van der Waals surface area (Å²) in [5, 5.41) is 3.06. The molecule has 0 saturated carbocycles. The van der Waals surface area contributed by atoms with Gasteiger partial charge >= 0.3 is 0 Å². The minimum absolute atomic E-state index is 0.0629. The van der Waals surface area contributed by atoms with Crippen LogP contribution >= 0.6 is 15.9 Å².